The molecule has 7 atom stereocenters. The second kappa shape index (κ2) is 8.32. The van der Waals surface area contributed by atoms with Gasteiger partial charge in [0, 0.05) is 23.4 Å². The van der Waals surface area contributed by atoms with Gasteiger partial charge in [-0.1, -0.05) is 38.3 Å². The first-order valence-electron chi connectivity index (χ1n) is 12.1. The minimum atomic E-state index is -1.89. The SMILES string of the molecule is CCCCCO[C@]1(C(=O)CCl)CC[C@H]2[C@@H]3CCC4=CC(=O)C=C[C@]4(C)[C@@]3(F)C(O)C[C@@]21C. The van der Waals surface area contributed by atoms with Crippen LogP contribution < -0.4 is 0 Å². The smallest absolute Gasteiger partial charge is 0.179 e. The van der Waals surface area contributed by atoms with E-state index in [-0.39, 0.29) is 29.8 Å². The molecule has 0 aromatic heterocycles. The van der Waals surface area contributed by atoms with E-state index < -0.39 is 34.1 Å². The van der Waals surface area contributed by atoms with Crippen LogP contribution in [0.5, 0.6) is 0 Å². The van der Waals surface area contributed by atoms with Gasteiger partial charge >= 0.3 is 0 Å². The Morgan fingerprint density at radius 1 is 1.28 bits per heavy atom. The Bertz CT molecular complexity index is 855. The highest BCUT2D eigenvalue weighted by atomic mass is 35.5. The van der Waals surface area contributed by atoms with Gasteiger partial charge in [0.2, 0.25) is 0 Å². The molecule has 1 unspecified atom stereocenters. The number of ketones is 2. The fraction of sp³-hybridized carbons (Fsp3) is 0.769. The van der Waals surface area contributed by atoms with Gasteiger partial charge in [-0.3, -0.25) is 9.59 Å². The molecule has 4 aliphatic carbocycles. The van der Waals surface area contributed by atoms with Crippen LogP contribution in [0.1, 0.15) is 72.1 Å². The van der Waals surface area contributed by atoms with E-state index in [0.29, 0.717) is 32.3 Å². The van der Waals surface area contributed by atoms with Crippen LogP contribution in [0.2, 0.25) is 0 Å². The number of aliphatic hydroxyl groups is 1. The zero-order valence-electron chi connectivity index (χ0n) is 19.5. The quantitative estimate of drug-likeness (QED) is 0.418. The van der Waals surface area contributed by atoms with E-state index in [4.69, 9.17) is 16.3 Å². The van der Waals surface area contributed by atoms with Gasteiger partial charge < -0.3 is 9.84 Å². The minimum Gasteiger partial charge on any atom is -0.390 e. The Labute approximate surface area is 195 Å². The summed E-state index contributed by atoms with van der Waals surface area (Å²) in [7, 11) is 0. The average molecular weight is 467 g/mol. The highest BCUT2D eigenvalue weighted by Gasteiger charge is 2.74. The molecule has 0 heterocycles. The van der Waals surface area contributed by atoms with Crippen LogP contribution >= 0.6 is 11.6 Å². The Morgan fingerprint density at radius 2 is 2.03 bits per heavy atom. The summed E-state index contributed by atoms with van der Waals surface area (Å²) in [5.74, 6) is -0.931. The Morgan fingerprint density at radius 3 is 2.72 bits per heavy atom. The van der Waals surface area contributed by atoms with Gasteiger partial charge in [-0.25, -0.2) is 4.39 Å². The largest absolute Gasteiger partial charge is 0.390 e. The number of ether oxygens (including phenoxy) is 1. The zero-order valence-corrected chi connectivity index (χ0v) is 20.2. The van der Waals surface area contributed by atoms with Crippen LogP contribution in [-0.4, -0.2) is 46.5 Å². The molecule has 178 valence electrons. The predicted octanol–water partition coefficient (Wildman–Crippen LogP) is 5.11. The molecule has 0 spiro atoms. The van der Waals surface area contributed by atoms with Crippen LogP contribution in [-0.2, 0) is 14.3 Å². The monoisotopic (exact) mass is 466 g/mol. The van der Waals surface area contributed by atoms with E-state index in [9.17, 15) is 14.7 Å². The lowest BCUT2D eigenvalue weighted by atomic mass is 9.44. The molecule has 4 rings (SSSR count). The molecule has 0 amide bonds. The maximum absolute atomic E-state index is 17.1. The normalized spacial score (nSPS) is 45.1. The van der Waals surface area contributed by atoms with Gasteiger partial charge in [-0.05, 0) is 63.5 Å². The van der Waals surface area contributed by atoms with E-state index in [1.807, 2.05) is 13.8 Å². The highest BCUT2D eigenvalue weighted by molar-refractivity contribution is 6.29. The minimum absolute atomic E-state index is 0.0985. The first-order chi connectivity index (χ1) is 15.1. The van der Waals surface area contributed by atoms with Gasteiger partial charge in [0.25, 0.3) is 0 Å². The van der Waals surface area contributed by atoms with Crippen LogP contribution in [0.3, 0.4) is 0 Å². The van der Waals surface area contributed by atoms with Crippen molar-refractivity contribution < 1.29 is 23.8 Å². The van der Waals surface area contributed by atoms with Gasteiger partial charge in [0.1, 0.15) is 5.60 Å². The van der Waals surface area contributed by atoms with Crippen molar-refractivity contribution in [1.82, 2.24) is 0 Å². The summed E-state index contributed by atoms with van der Waals surface area (Å²) < 4.78 is 23.5. The summed E-state index contributed by atoms with van der Waals surface area (Å²) in [6.45, 7) is 6.40. The molecule has 0 aromatic carbocycles. The van der Waals surface area contributed by atoms with Crippen LogP contribution in [0.15, 0.2) is 23.8 Å². The predicted molar refractivity (Wildman–Crippen MR) is 122 cm³/mol. The van der Waals surface area contributed by atoms with E-state index in [1.165, 1.54) is 6.08 Å². The van der Waals surface area contributed by atoms with Crippen molar-refractivity contribution >= 4 is 23.2 Å². The summed E-state index contributed by atoms with van der Waals surface area (Å²) >= 11 is 6.07. The fourth-order valence-electron chi connectivity index (χ4n) is 7.68. The standard InChI is InChI=1S/C26H36ClFO4/c1-4-5-6-13-32-25(22(31)16-27)12-10-19-20-8-7-17-14-18(29)9-11-23(17,2)26(20,28)21(30)15-24(19,25)3/h9,11,14,19-21,30H,4-8,10,12-13,15-16H2,1-3H3/t19-,20-,21?,23-,24-,25-,26-/m0/s1. The Hall–Kier alpha value is -1.04. The number of halogens is 2. The van der Waals surface area contributed by atoms with Crippen molar-refractivity contribution in [2.45, 2.75) is 89.5 Å². The Kier molecular flexibility index (Phi) is 6.26. The van der Waals surface area contributed by atoms with Crippen LogP contribution in [0.4, 0.5) is 4.39 Å². The molecule has 4 nitrogen and oxygen atoms in total. The molecular weight excluding hydrogens is 431 g/mol. The summed E-state index contributed by atoms with van der Waals surface area (Å²) in [5, 5.41) is 11.4. The number of rotatable bonds is 7. The number of hydrogen-bond acceptors (Lipinski definition) is 4. The van der Waals surface area contributed by atoms with Gasteiger partial charge in [0.15, 0.2) is 17.2 Å². The van der Waals surface area contributed by atoms with Crippen molar-refractivity contribution in [3.05, 3.63) is 23.8 Å². The highest BCUT2D eigenvalue weighted by Crippen LogP contribution is 2.70. The number of Topliss-reactive ketones (excluding diaryl/α,β-unsaturated/α-hetero) is 1. The number of aliphatic hydroxyl groups excluding tert-OH is 1. The number of hydrogen-bond donors (Lipinski definition) is 1. The molecule has 32 heavy (non-hydrogen) atoms. The molecule has 3 saturated carbocycles. The number of fused-ring (bicyclic) bond motifs is 5. The first-order valence-corrected chi connectivity index (χ1v) is 12.7. The lowest BCUT2D eigenvalue weighted by Gasteiger charge is -2.63. The molecule has 0 radical (unpaired) electrons. The van der Waals surface area contributed by atoms with Crippen molar-refractivity contribution in [3.8, 4) is 0 Å². The zero-order chi connectivity index (χ0) is 23.4. The average Bonchev–Trinajstić information content (AvgIpc) is 3.05. The number of carbonyl (C=O) groups is 2. The Balaban J connectivity index is 1.73. The third kappa shape index (κ3) is 3.06. The molecule has 0 aromatic rings. The molecule has 0 saturated heterocycles. The number of allylic oxidation sites excluding steroid dienone is 4. The number of alkyl halides is 2. The second-order valence-electron chi connectivity index (χ2n) is 10.7. The van der Waals surface area contributed by atoms with Crippen molar-refractivity contribution in [2.24, 2.45) is 22.7 Å². The van der Waals surface area contributed by atoms with E-state index in [1.54, 1.807) is 12.2 Å². The van der Waals surface area contributed by atoms with Crippen molar-refractivity contribution in [1.29, 1.82) is 0 Å². The van der Waals surface area contributed by atoms with Crippen LogP contribution in [0.25, 0.3) is 0 Å². The number of carbonyl (C=O) groups excluding carboxylic acids is 2. The number of unbranched alkanes of at least 4 members (excludes halogenated alkanes) is 2. The summed E-state index contributed by atoms with van der Waals surface area (Å²) in [5.41, 5.74) is -3.90. The summed E-state index contributed by atoms with van der Waals surface area (Å²) in [4.78, 5) is 25.2. The lowest BCUT2D eigenvalue weighted by molar-refractivity contribution is -0.224. The van der Waals surface area contributed by atoms with E-state index in [0.717, 1.165) is 24.8 Å². The molecule has 0 bridgehead atoms. The van der Waals surface area contributed by atoms with Gasteiger partial charge in [-0.15, -0.1) is 11.6 Å². The van der Waals surface area contributed by atoms with E-state index in [2.05, 4.69) is 6.92 Å². The molecule has 3 fully saturated rings. The van der Waals surface area contributed by atoms with Crippen LogP contribution in [0, 0.1) is 22.7 Å². The maximum atomic E-state index is 17.1. The second-order valence-corrected chi connectivity index (χ2v) is 11.0. The molecule has 6 heteroatoms. The van der Waals surface area contributed by atoms with Gasteiger partial charge in [0.05, 0.1) is 12.0 Å². The molecular formula is C26H36ClFO4. The molecule has 4 aliphatic rings. The first kappa shape index (κ1) is 24.1. The van der Waals surface area contributed by atoms with Gasteiger partial charge in [-0.2, -0.15) is 0 Å². The lowest BCUT2D eigenvalue weighted by Crippen LogP contribution is -2.69. The van der Waals surface area contributed by atoms with Crippen molar-refractivity contribution in [2.75, 3.05) is 12.5 Å². The third-order valence-corrected chi connectivity index (χ3v) is 9.67. The molecule has 1 N–H and O–H groups in total. The fourth-order valence-corrected chi connectivity index (χ4v) is 7.90. The third-order valence-electron chi connectivity index (χ3n) is 9.43. The molecule has 0 aliphatic heterocycles. The maximum Gasteiger partial charge on any atom is 0.179 e. The summed E-state index contributed by atoms with van der Waals surface area (Å²) in [6.07, 6.45) is 8.81. The van der Waals surface area contributed by atoms with Crippen molar-refractivity contribution in [3.63, 3.8) is 0 Å². The van der Waals surface area contributed by atoms with E-state index >= 15 is 4.39 Å². The topological polar surface area (TPSA) is 63.6 Å². The summed E-state index contributed by atoms with van der Waals surface area (Å²) in [6, 6.07) is 0.